The Kier molecular flexibility index (Phi) is 6.59. The quantitative estimate of drug-likeness (QED) is 0.476. The SMILES string of the molecule is O=C(COc1ccc2ccccc2c1)NCC(=O)N/N=C\c1ccc(Cl)cc1. The molecule has 3 aromatic rings. The third kappa shape index (κ3) is 5.82. The van der Waals surface area contributed by atoms with E-state index in [1.165, 1.54) is 6.21 Å². The van der Waals surface area contributed by atoms with Crippen LogP contribution in [0.5, 0.6) is 5.75 Å². The van der Waals surface area contributed by atoms with Gasteiger partial charge < -0.3 is 10.1 Å². The fourth-order valence-electron chi connectivity index (χ4n) is 2.40. The van der Waals surface area contributed by atoms with Crippen LogP contribution >= 0.6 is 11.6 Å². The van der Waals surface area contributed by atoms with Gasteiger partial charge in [-0.05, 0) is 40.6 Å². The summed E-state index contributed by atoms with van der Waals surface area (Å²) in [7, 11) is 0. The van der Waals surface area contributed by atoms with E-state index in [0.717, 1.165) is 16.3 Å². The molecule has 0 heterocycles. The lowest BCUT2D eigenvalue weighted by atomic mass is 10.1. The van der Waals surface area contributed by atoms with E-state index in [-0.39, 0.29) is 13.2 Å². The van der Waals surface area contributed by atoms with E-state index in [4.69, 9.17) is 16.3 Å². The van der Waals surface area contributed by atoms with Gasteiger partial charge in [-0.2, -0.15) is 5.10 Å². The zero-order valence-electron chi connectivity index (χ0n) is 14.9. The molecule has 0 saturated carbocycles. The number of rotatable bonds is 7. The summed E-state index contributed by atoms with van der Waals surface area (Å²) in [5.41, 5.74) is 3.13. The first-order valence-corrected chi connectivity index (χ1v) is 8.94. The molecule has 3 rings (SSSR count). The fourth-order valence-corrected chi connectivity index (χ4v) is 2.53. The van der Waals surface area contributed by atoms with Crippen molar-refractivity contribution < 1.29 is 14.3 Å². The van der Waals surface area contributed by atoms with Crippen LogP contribution in [0, 0.1) is 0 Å². The van der Waals surface area contributed by atoms with E-state index in [1.54, 1.807) is 30.3 Å². The van der Waals surface area contributed by atoms with Gasteiger partial charge in [0.25, 0.3) is 11.8 Å². The number of nitrogens with zero attached hydrogens (tertiary/aromatic N) is 1. The first-order chi connectivity index (χ1) is 13.6. The predicted molar refractivity (Wildman–Crippen MR) is 110 cm³/mol. The minimum atomic E-state index is -0.440. The molecule has 0 saturated heterocycles. The molecule has 2 N–H and O–H groups in total. The molecular weight excluding hydrogens is 378 g/mol. The van der Waals surface area contributed by atoms with E-state index in [0.29, 0.717) is 10.8 Å². The summed E-state index contributed by atoms with van der Waals surface area (Å²) >= 11 is 5.79. The van der Waals surface area contributed by atoms with Crippen molar-refractivity contribution in [3.8, 4) is 5.75 Å². The average Bonchev–Trinajstić information content (AvgIpc) is 2.72. The molecule has 0 radical (unpaired) electrons. The number of carbonyl (C=O) groups excluding carboxylic acids is 2. The summed E-state index contributed by atoms with van der Waals surface area (Å²) in [4.78, 5) is 23.6. The Hall–Kier alpha value is -3.38. The van der Waals surface area contributed by atoms with Crippen LogP contribution in [0.15, 0.2) is 71.8 Å². The third-order valence-electron chi connectivity index (χ3n) is 3.81. The highest BCUT2D eigenvalue weighted by Gasteiger charge is 2.06. The van der Waals surface area contributed by atoms with E-state index >= 15 is 0 Å². The van der Waals surface area contributed by atoms with Crippen molar-refractivity contribution in [3.05, 3.63) is 77.3 Å². The van der Waals surface area contributed by atoms with Gasteiger partial charge >= 0.3 is 0 Å². The summed E-state index contributed by atoms with van der Waals surface area (Å²) in [5.74, 6) is -0.250. The van der Waals surface area contributed by atoms with Gasteiger partial charge in [-0.25, -0.2) is 5.43 Å². The number of hydrogen-bond donors (Lipinski definition) is 2. The highest BCUT2D eigenvalue weighted by Crippen LogP contribution is 2.20. The molecular formula is C21H18ClN3O3. The van der Waals surface area contributed by atoms with Crippen LogP contribution in [-0.2, 0) is 9.59 Å². The van der Waals surface area contributed by atoms with Crippen molar-refractivity contribution in [2.75, 3.05) is 13.2 Å². The molecule has 0 aliphatic heterocycles. The van der Waals surface area contributed by atoms with Crippen LogP contribution in [0.3, 0.4) is 0 Å². The molecule has 0 unspecified atom stereocenters. The van der Waals surface area contributed by atoms with Gasteiger partial charge in [0.15, 0.2) is 6.61 Å². The van der Waals surface area contributed by atoms with E-state index < -0.39 is 11.8 Å². The van der Waals surface area contributed by atoms with Crippen molar-refractivity contribution >= 4 is 40.4 Å². The second-order valence-electron chi connectivity index (χ2n) is 5.92. The van der Waals surface area contributed by atoms with E-state index in [1.807, 2.05) is 36.4 Å². The second-order valence-corrected chi connectivity index (χ2v) is 6.36. The molecule has 7 heteroatoms. The maximum absolute atomic E-state index is 11.8. The summed E-state index contributed by atoms with van der Waals surface area (Å²) in [6, 6.07) is 20.4. The maximum atomic E-state index is 11.8. The highest BCUT2D eigenvalue weighted by molar-refractivity contribution is 6.30. The van der Waals surface area contributed by atoms with Crippen LogP contribution in [-0.4, -0.2) is 31.2 Å². The number of hydrazone groups is 1. The molecule has 6 nitrogen and oxygen atoms in total. The van der Waals surface area contributed by atoms with Gasteiger partial charge in [0.2, 0.25) is 0 Å². The first-order valence-electron chi connectivity index (χ1n) is 8.56. The Morgan fingerprint density at radius 2 is 1.71 bits per heavy atom. The molecule has 0 fully saturated rings. The number of carbonyl (C=O) groups is 2. The summed E-state index contributed by atoms with van der Waals surface area (Å²) < 4.78 is 5.47. The average molecular weight is 396 g/mol. The van der Waals surface area contributed by atoms with E-state index in [9.17, 15) is 9.59 Å². The zero-order chi connectivity index (χ0) is 19.8. The third-order valence-corrected chi connectivity index (χ3v) is 4.06. The molecule has 142 valence electrons. The van der Waals surface area contributed by atoms with Gasteiger partial charge in [0, 0.05) is 5.02 Å². The van der Waals surface area contributed by atoms with Crippen LogP contribution in [0.4, 0.5) is 0 Å². The molecule has 0 spiro atoms. The number of ether oxygens (including phenoxy) is 1. The maximum Gasteiger partial charge on any atom is 0.259 e. The Morgan fingerprint density at radius 3 is 2.50 bits per heavy atom. The lowest BCUT2D eigenvalue weighted by molar-refractivity contribution is -0.127. The second kappa shape index (κ2) is 9.53. The topological polar surface area (TPSA) is 79.8 Å². The predicted octanol–water partition coefficient (Wildman–Crippen LogP) is 3.14. The normalized spacial score (nSPS) is 10.8. The van der Waals surface area contributed by atoms with Crippen LogP contribution in [0.1, 0.15) is 5.56 Å². The number of fused-ring (bicyclic) bond motifs is 1. The van der Waals surface area contributed by atoms with Crippen molar-refractivity contribution in [2.24, 2.45) is 5.10 Å². The molecule has 2 amide bonds. The number of halogens is 1. The van der Waals surface area contributed by atoms with Crippen molar-refractivity contribution in [3.63, 3.8) is 0 Å². The van der Waals surface area contributed by atoms with Gasteiger partial charge in [0.1, 0.15) is 5.75 Å². The number of amides is 2. The summed E-state index contributed by atoms with van der Waals surface area (Å²) in [5, 5.41) is 9.04. The molecule has 0 bridgehead atoms. The van der Waals surface area contributed by atoms with Gasteiger partial charge in [-0.15, -0.1) is 0 Å². The molecule has 28 heavy (non-hydrogen) atoms. The summed E-state index contributed by atoms with van der Waals surface area (Å²) in [6.45, 7) is -0.377. The van der Waals surface area contributed by atoms with Gasteiger partial charge in [-0.1, -0.05) is 54.1 Å². The Morgan fingerprint density at radius 1 is 0.964 bits per heavy atom. The lowest BCUT2D eigenvalue weighted by Crippen LogP contribution is -2.37. The van der Waals surface area contributed by atoms with Crippen molar-refractivity contribution in [1.29, 1.82) is 0 Å². The standard InChI is InChI=1S/C21H18ClN3O3/c22-18-8-5-15(6-9-18)12-24-25-20(26)13-23-21(27)14-28-19-10-7-16-3-1-2-4-17(16)11-19/h1-12H,13-14H2,(H,23,27)(H,25,26)/b24-12-. The monoisotopic (exact) mass is 395 g/mol. The molecule has 3 aromatic carbocycles. The zero-order valence-corrected chi connectivity index (χ0v) is 15.6. The van der Waals surface area contributed by atoms with E-state index in [2.05, 4.69) is 15.8 Å². The van der Waals surface area contributed by atoms with Gasteiger partial charge in [-0.3, -0.25) is 9.59 Å². The minimum absolute atomic E-state index is 0.181. The highest BCUT2D eigenvalue weighted by atomic mass is 35.5. The van der Waals surface area contributed by atoms with Crippen molar-refractivity contribution in [1.82, 2.24) is 10.7 Å². The van der Waals surface area contributed by atoms with Gasteiger partial charge in [0.05, 0.1) is 12.8 Å². The fraction of sp³-hybridized carbons (Fsp3) is 0.0952. The smallest absolute Gasteiger partial charge is 0.259 e. The van der Waals surface area contributed by atoms with Crippen LogP contribution in [0.2, 0.25) is 5.02 Å². The molecule has 0 atom stereocenters. The van der Waals surface area contributed by atoms with Crippen LogP contribution in [0.25, 0.3) is 10.8 Å². The van der Waals surface area contributed by atoms with Crippen LogP contribution < -0.4 is 15.5 Å². The molecule has 0 aromatic heterocycles. The largest absolute Gasteiger partial charge is 0.484 e. The number of hydrogen-bond acceptors (Lipinski definition) is 4. The Labute approximate surface area is 167 Å². The number of benzene rings is 3. The minimum Gasteiger partial charge on any atom is -0.484 e. The lowest BCUT2D eigenvalue weighted by Gasteiger charge is -2.08. The molecule has 0 aliphatic rings. The molecule has 0 aliphatic carbocycles. The Balaban J connectivity index is 1.39. The first kappa shape index (κ1) is 19.4. The summed E-state index contributed by atoms with van der Waals surface area (Å²) in [6.07, 6.45) is 1.49. The number of nitrogens with one attached hydrogen (secondary N) is 2. The Bertz CT molecular complexity index is 1000. The van der Waals surface area contributed by atoms with Crippen molar-refractivity contribution in [2.45, 2.75) is 0 Å².